The van der Waals surface area contributed by atoms with Gasteiger partial charge in [0.05, 0.1) is 5.25 Å². The number of rotatable bonds is 4. The van der Waals surface area contributed by atoms with E-state index in [-0.39, 0.29) is 18.0 Å². The highest BCUT2D eigenvalue weighted by Crippen LogP contribution is 2.34. The summed E-state index contributed by atoms with van der Waals surface area (Å²) in [7, 11) is 0. The number of carbonyl (C=O) groups excluding carboxylic acids is 1. The van der Waals surface area contributed by atoms with Gasteiger partial charge in [0.25, 0.3) is 0 Å². The molecule has 1 N–H and O–H groups in total. The summed E-state index contributed by atoms with van der Waals surface area (Å²) in [6.07, 6.45) is 3.30. The summed E-state index contributed by atoms with van der Waals surface area (Å²) in [6, 6.07) is 7.04. The van der Waals surface area contributed by atoms with E-state index >= 15 is 0 Å². The van der Waals surface area contributed by atoms with Gasteiger partial charge in [-0.25, -0.2) is 9.97 Å². The third kappa shape index (κ3) is 3.25. The summed E-state index contributed by atoms with van der Waals surface area (Å²) in [5.41, 5.74) is 0.672. The van der Waals surface area contributed by atoms with E-state index < -0.39 is 0 Å². The van der Waals surface area contributed by atoms with Crippen molar-refractivity contribution in [1.29, 1.82) is 0 Å². The summed E-state index contributed by atoms with van der Waals surface area (Å²) in [6.45, 7) is 2.02. The Balaban J connectivity index is 1.63. The lowest BCUT2D eigenvalue weighted by Crippen LogP contribution is -2.22. The zero-order valence-electron chi connectivity index (χ0n) is 11.3. The molecule has 7 heteroatoms. The molecule has 0 aliphatic carbocycles. The number of benzene rings is 1. The van der Waals surface area contributed by atoms with Crippen molar-refractivity contribution in [3.05, 3.63) is 36.7 Å². The molecule has 0 radical (unpaired) electrons. The Hall–Kier alpha value is -2.28. The van der Waals surface area contributed by atoms with Crippen LogP contribution in [0.15, 0.2) is 41.8 Å². The lowest BCUT2D eigenvalue weighted by atomic mass is 10.2. The van der Waals surface area contributed by atoms with E-state index in [9.17, 15) is 4.79 Å². The molecule has 2 aromatic rings. The summed E-state index contributed by atoms with van der Waals surface area (Å²) in [5.74, 6) is 1.21. The molecule has 0 unspecified atom stereocenters. The van der Waals surface area contributed by atoms with Crippen LogP contribution in [0.5, 0.6) is 11.5 Å². The lowest BCUT2D eigenvalue weighted by Gasteiger charge is -2.11. The molecule has 1 amide bonds. The quantitative estimate of drug-likeness (QED) is 0.690. The number of hydrogen-bond donors (Lipinski definition) is 1. The average molecular weight is 303 g/mol. The van der Waals surface area contributed by atoms with Crippen LogP contribution in [0.3, 0.4) is 0 Å². The van der Waals surface area contributed by atoms with E-state index in [4.69, 9.17) is 9.47 Å². The first kappa shape index (κ1) is 13.7. The van der Waals surface area contributed by atoms with Crippen molar-refractivity contribution in [3.8, 4) is 11.5 Å². The molecule has 0 saturated heterocycles. The van der Waals surface area contributed by atoms with E-state index in [0.717, 1.165) is 0 Å². The molecule has 1 aromatic heterocycles. The smallest absolute Gasteiger partial charge is 0.237 e. The molecule has 0 bridgehead atoms. The number of nitrogens with zero attached hydrogens (tertiary/aromatic N) is 2. The number of anilines is 1. The largest absolute Gasteiger partial charge is 0.454 e. The SMILES string of the molecule is C[C@H](Sc1ncccn1)C(=O)Nc1ccc2c(c1)OCO2. The summed E-state index contributed by atoms with van der Waals surface area (Å²) < 4.78 is 10.5. The first-order chi connectivity index (χ1) is 10.2. The highest BCUT2D eigenvalue weighted by molar-refractivity contribution is 8.00. The van der Waals surface area contributed by atoms with Gasteiger partial charge >= 0.3 is 0 Å². The van der Waals surface area contributed by atoms with Gasteiger partial charge in [0.2, 0.25) is 12.7 Å². The fourth-order valence-electron chi connectivity index (χ4n) is 1.78. The Morgan fingerprint density at radius 1 is 1.29 bits per heavy atom. The Labute approximate surface area is 125 Å². The molecular weight excluding hydrogens is 290 g/mol. The van der Waals surface area contributed by atoms with Crippen LogP contribution in [0.1, 0.15) is 6.92 Å². The zero-order chi connectivity index (χ0) is 14.7. The van der Waals surface area contributed by atoms with Crippen LogP contribution < -0.4 is 14.8 Å². The number of amides is 1. The molecular formula is C14H13N3O3S. The highest BCUT2D eigenvalue weighted by atomic mass is 32.2. The molecule has 1 aliphatic heterocycles. The van der Waals surface area contributed by atoms with Gasteiger partial charge in [0.1, 0.15) is 0 Å². The minimum Gasteiger partial charge on any atom is -0.454 e. The fourth-order valence-corrected chi connectivity index (χ4v) is 2.50. The second-order valence-corrected chi connectivity index (χ2v) is 5.66. The molecule has 0 spiro atoms. The van der Waals surface area contributed by atoms with E-state index in [1.165, 1.54) is 11.8 Å². The fraction of sp³-hybridized carbons (Fsp3) is 0.214. The van der Waals surface area contributed by atoms with Gasteiger partial charge in [-0.15, -0.1) is 0 Å². The zero-order valence-corrected chi connectivity index (χ0v) is 12.1. The standard InChI is InChI=1S/C14H13N3O3S/c1-9(21-14-15-5-2-6-16-14)13(18)17-10-3-4-11-12(7-10)20-8-19-11/h2-7,9H,8H2,1H3,(H,17,18)/t9-/m0/s1. The molecule has 1 aliphatic rings. The maximum Gasteiger partial charge on any atom is 0.237 e. The van der Waals surface area contributed by atoms with Crippen molar-refractivity contribution < 1.29 is 14.3 Å². The van der Waals surface area contributed by atoms with Crippen LogP contribution in [0.25, 0.3) is 0 Å². The molecule has 21 heavy (non-hydrogen) atoms. The van der Waals surface area contributed by atoms with Gasteiger partial charge in [-0.05, 0) is 25.1 Å². The Kier molecular flexibility index (Phi) is 3.92. The number of ether oxygens (including phenoxy) is 2. The number of hydrogen-bond acceptors (Lipinski definition) is 6. The van der Waals surface area contributed by atoms with Crippen molar-refractivity contribution in [1.82, 2.24) is 9.97 Å². The van der Waals surface area contributed by atoms with Crippen LogP contribution in [-0.4, -0.2) is 27.9 Å². The van der Waals surface area contributed by atoms with E-state index in [1.54, 1.807) is 36.7 Å². The second-order valence-electron chi connectivity index (χ2n) is 4.35. The van der Waals surface area contributed by atoms with E-state index in [2.05, 4.69) is 15.3 Å². The number of nitrogens with one attached hydrogen (secondary N) is 1. The summed E-state index contributed by atoms with van der Waals surface area (Å²) >= 11 is 1.31. The molecule has 3 rings (SSSR count). The predicted octanol–water partition coefficient (Wildman–Crippen LogP) is 2.32. The molecule has 1 aromatic carbocycles. The van der Waals surface area contributed by atoms with Gasteiger partial charge in [0.15, 0.2) is 16.7 Å². The summed E-state index contributed by atoms with van der Waals surface area (Å²) in [4.78, 5) is 20.3. The van der Waals surface area contributed by atoms with E-state index in [0.29, 0.717) is 22.3 Å². The molecule has 2 heterocycles. The predicted molar refractivity (Wildman–Crippen MR) is 78.5 cm³/mol. The molecule has 108 valence electrons. The maximum atomic E-state index is 12.2. The van der Waals surface area contributed by atoms with Gasteiger partial charge in [-0.1, -0.05) is 11.8 Å². The first-order valence-electron chi connectivity index (χ1n) is 6.36. The average Bonchev–Trinajstić information content (AvgIpc) is 2.95. The van der Waals surface area contributed by atoms with Gasteiger partial charge in [0, 0.05) is 24.1 Å². The minimum absolute atomic E-state index is 0.119. The molecule has 0 fully saturated rings. The maximum absolute atomic E-state index is 12.2. The van der Waals surface area contributed by atoms with Crippen molar-refractivity contribution in [2.45, 2.75) is 17.3 Å². The van der Waals surface area contributed by atoms with Gasteiger partial charge < -0.3 is 14.8 Å². The van der Waals surface area contributed by atoms with Crippen molar-refractivity contribution >= 4 is 23.4 Å². The van der Waals surface area contributed by atoms with Crippen LogP contribution in [0, 0.1) is 0 Å². The van der Waals surface area contributed by atoms with Crippen LogP contribution in [0.4, 0.5) is 5.69 Å². The molecule has 1 atom stereocenters. The third-order valence-corrected chi connectivity index (χ3v) is 3.82. The van der Waals surface area contributed by atoms with E-state index in [1.807, 2.05) is 6.92 Å². The van der Waals surface area contributed by atoms with Gasteiger partial charge in [-0.3, -0.25) is 4.79 Å². The van der Waals surface area contributed by atoms with Crippen LogP contribution >= 0.6 is 11.8 Å². The molecule has 6 nitrogen and oxygen atoms in total. The Morgan fingerprint density at radius 3 is 2.86 bits per heavy atom. The third-order valence-electron chi connectivity index (χ3n) is 2.83. The monoisotopic (exact) mass is 303 g/mol. The topological polar surface area (TPSA) is 73.3 Å². The van der Waals surface area contributed by atoms with Crippen molar-refractivity contribution in [2.75, 3.05) is 12.1 Å². The highest BCUT2D eigenvalue weighted by Gasteiger charge is 2.18. The number of thioether (sulfide) groups is 1. The van der Waals surface area contributed by atoms with Crippen LogP contribution in [0.2, 0.25) is 0 Å². The minimum atomic E-state index is -0.308. The number of carbonyl (C=O) groups is 1. The lowest BCUT2D eigenvalue weighted by molar-refractivity contribution is -0.115. The first-order valence-corrected chi connectivity index (χ1v) is 7.24. The number of fused-ring (bicyclic) bond motifs is 1. The van der Waals surface area contributed by atoms with Crippen molar-refractivity contribution in [2.24, 2.45) is 0 Å². The normalized spacial score (nSPS) is 13.8. The Bertz CT molecular complexity index is 651. The van der Waals surface area contributed by atoms with Crippen molar-refractivity contribution in [3.63, 3.8) is 0 Å². The van der Waals surface area contributed by atoms with Gasteiger partial charge in [-0.2, -0.15) is 0 Å². The Morgan fingerprint density at radius 2 is 2.05 bits per heavy atom. The van der Waals surface area contributed by atoms with Crippen LogP contribution in [-0.2, 0) is 4.79 Å². The molecule has 0 saturated carbocycles. The number of aromatic nitrogens is 2. The summed E-state index contributed by atoms with van der Waals surface area (Å²) in [5, 5.41) is 3.11. The second kappa shape index (κ2) is 6.01.